The molecule has 4 nitrogen and oxygen atoms in total. The first kappa shape index (κ1) is 14.2. The fraction of sp³-hybridized carbons (Fsp3) is 0.588. The molecule has 0 N–H and O–H groups in total. The molecule has 2 heterocycles. The van der Waals surface area contributed by atoms with Crippen LogP contribution < -0.4 is 0 Å². The Morgan fingerprint density at radius 1 is 1.29 bits per heavy atom. The second kappa shape index (κ2) is 5.24. The standard InChI is InChI=1S/C17H24N2O2/c1-17(2,3)21-16(20)19-10-8-14-6-4-5-13-7-9-18(11-12-19)15(13)14/h4-7,9,14-15H,8,10-12H2,1-3H3. The lowest BCUT2D eigenvalue weighted by molar-refractivity contribution is 0.0199. The Balaban J connectivity index is 1.70. The summed E-state index contributed by atoms with van der Waals surface area (Å²) in [7, 11) is 0. The van der Waals surface area contributed by atoms with Crippen molar-refractivity contribution >= 4 is 6.09 Å². The van der Waals surface area contributed by atoms with Crippen LogP contribution in [0.5, 0.6) is 0 Å². The Kier molecular flexibility index (Phi) is 3.56. The monoisotopic (exact) mass is 288 g/mol. The SMILES string of the molecule is CC(C)(C)OC(=O)N1CCC2C=CC=C3C=CN(CC1)C32. The molecule has 2 atom stereocenters. The molecule has 21 heavy (non-hydrogen) atoms. The number of hydrogen-bond donors (Lipinski definition) is 0. The zero-order valence-corrected chi connectivity index (χ0v) is 13.1. The van der Waals surface area contributed by atoms with E-state index < -0.39 is 5.60 Å². The lowest BCUT2D eigenvalue weighted by Crippen LogP contribution is -2.47. The molecule has 0 aromatic rings. The van der Waals surface area contributed by atoms with Crippen LogP contribution in [0.3, 0.4) is 0 Å². The second-order valence-electron chi connectivity index (χ2n) is 6.97. The highest BCUT2D eigenvalue weighted by atomic mass is 16.6. The van der Waals surface area contributed by atoms with Crippen LogP contribution in [0, 0.1) is 5.92 Å². The van der Waals surface area contributed by atoms with Gasteiger partial charge in [-0.25, -0.2) is 4.79 Å². The number of hydrogen-bond acceptors (Lipinski definition) is 3. The molecule has 4 heteroatoms. The van der Waals surface area contributed by atoms with Crippen LogP contribution in [0.15, 0.2) is 36.1 Å². The van der Waals surface area contributed by atoms with Gasteiger partial charge in [0, 0.05) is 31.8 Å². The van der Waals surface area contributed by atoms with Gasteiger partial charge in [-0.05, 0) is 38.8 Å². The lowest BCUT2D eigenvalue weighted by atomic mass is 9.86. The van der Waals surface area contributed by atoms with E-state index in [0.717, 1.165) is 26.1 Å². The molecular formula is C17H24N2O2. The Labute approximate surface area is 126 Å². The van der Waals surface area contributed by atoms with Crippen molar-refractivity contribution in [2.24, 2.45) is 5.92 Å². The summed E-state index contributed by atoms with van der Waals surface area (Å²) in [6.07, 6.45) is 11.8. The fourth-order valence-electron chi connectivity index (χ4n) is 3.26. The third kappa shape index (κ3) is 2.99. The Bertz CT molecular complexity index is 513. The van der Waals surface area contributed by atoms with Crippen LogP contribution in [0.25, 0.3) is 0 Å². The van der Waals surface area contributed by atoms with Gasteiger partial charge in [-0.15, -0.1) is 0 Å². The first-order chi connectivity index (χ1) is 9.94. The molecule has 1 saturated heterocycles. The Hall–Kier alpha value is -1.71. The van der Waals surface area contributed by atoms with Crippen molar-refractivity contribution in [3.8, 4) is 0 Å². The maximum absolute atomic E-state index is 12.3. The van der Waals surface area contributed by atoms with Gasteiger partial charge in [-0.3, -0.25) is 0 Å². The second-order valence-corrected chi connectivity index (χ2v) is 6.97. The predicted molar refractivity (Wildman–Crippen MR) is 82.8 cm³/mol. The van der Waals surface area contributed by atoms with Gasteiger partial charge in [0.2, 0.25) is 0 Å². The normalized spacial score (nSPS) is 27.9. The van der Waals surface area contributed by atoms with E-state index in [0.29, 0.717) is 12.0 Å². The smallest absolute Gasteiger partial charge is 0.410 e. The summed E-state index contributed by atoms with van der Waals surface area (Å²) in [4.78, 5) is 16.5. The number of rotatable bonds is 0. The third-order valence-electron chi connectivity index (χ3n) is 4.22. The summed E-state index contributed by atoms with van der Waals surface area (Å²) in [6.45, 7) is 8.09. The van der Waals surface area contributed by atoms with Gasteiger partial charge in [-0.2, -0.15) is 0 Å². The largest absolute Gasteiger partial charge is 0.444 e. The molecule has 2 aliphatic heterocycles. The molecule has 0 aromatic carbocycles. The van der Waals surface area contributed by atoms with Crippen molar-refractivity contribution in [3.63, 3.8) is 0 Å². The summed E-state index contributed by atoms with van der Waals surface area (Å²) < 4.78 is 5.51. The highest BCUT2D eigenvalue weighted by Gasteiger charge is 2.35. The highest BCUT2D eigenvalue weighted by molar-refractivity contribution is 5.68. The molecule has 0 aromatic heterocycles. The van der Waals surface area contributed by atoms with Crippen LogP contribution in [-0.4, -0.2) is 47.2 Å². The van der Waals surface area contributed by atoms with Gasteiger partial charge in [0.15, 0.2) is 0 Å². The molecule has 0 spiro atoms. The van der Waals surface area contributed by atoms with Crippen LogP contribution in [0.4, 0.5) is 4.79 Å². The third-order valence-corrected chi connectivity index (χ3v) is 4.22. The van der Waals surface area contributed by atoms with Crippen molar-refractivity contribution in [2.45, 2.75) is 38.8 Å². The molecule has 3 aliphatic rings. The van der Waals surface area contributed by atoms with E-state index in [9.17, 15) is 4.79 Å². The van der Waals surface area contributed by atoms with Crippen LogP contribution in [-0.2, 0) is 4.74 Å². The highest BCUT2D eigenvalue weighted by Crippen LogP contribution is 2.33. The summed E-state index contributed by atoms with van der Waals surface area (Å²) in [5, 5.41) is 0. The minimum atomic E-state index is -0.434. The van der Waals surface area contributed by atoms with Crippen molar-refractivity contribution in [1.82, 2.24) is 9.80 Å². The van der Waals surface area contributed by atoms with Crippen LogP contribution in [0.1, 0.15) is 27.2 Å². The first-order valence-electron chi connectivity index (χ1n) is 7.74. The zero-order valence-electron chi connectivity index (χ0n) is 13.1. The van der Waals surface area contributed by atoms with E-state index in [1.807, 2.05) is 25.7 Å². The van der Waals surface area contributed by atoms with E-state index in [2.05, 4.69) is 35.4 Å². The summed E-state index contributed by atoms with van der Waals surface area (Å²) in [6, 6.07) is 0.468. The van der Waals surface area contributed by atoms with Gasteiger partial charge < -0.3 is 14.5 Å². The molecule has 0 bridgehead atoms. The van der Waals surface area contributed by atoms with Gasteiger partial charge >= 0.3 is 6.09 Å². The van der Waals surface area contributed by atoms with Gasteiger partial charge in [0.25, 0.3) is 0 Å². The van der Waals surface area contributed by atoms with Crippen molar-refractivity contribution in [2.75, 3.05) is 19.6 Å². The Morgan fingerprint density at radius 3 is 2.86 bits per heavy atom. The topological polar surface area (TPSA) is 32.8 Å². The first-order valence-corrected chi connectivity index (χ1v) is 7.74. The maximum Gasteiger partial charge on any atom is 0.410 e. The van der Waals surface area contributed by atoms with Gasteiger partial charge in [0.1, 0.15) is 5.60 Å². The molecule has 114 valence electrons. The van der Waals surface area contributed by atoms with E-state index in [-0.39, 0.29) is 6.09 Å². The molecule has 1 fully saturated rings. The maximum atomic E-state index is 12.3. The minimum Gasteiger partial charge on any atom is -0.444 e. The molecule has 1 amide bonds. The van der Waals surface area contributed by atoms with Crippen molar-refractivity contribution < 1.29 is 9.53 Å². The fourth-order valence-corrected chi connectivity index (χ4v) is 3.26. The molecule has 2 unspecified atom stereocenters. The average molecular weight is 288 g/mol. The van der Waals surface area contributed by atoms with Gasteiger partial charge in [0.05, 0.1) is 6.04 Å². The number of ether oxygens (including phenoxy) is 1. The predicted octanol–water partition coefficient (Wildman–Crippen LogP) is 2.94. The molecule has 3 rings (SSSR count). The number of amides is 1. The quantitative estimate of drug-likeness (QED) is 0.687. The molecule has 0 radical (unpaired) electrons. The molecular weight excluding hydrogens is 264 g/mol. The average Bonchev–Trinajstić information content (AvgIpc) is 2.77. The number of carbonyl (C=O) groups is 1. The Morgan fingerprint density at radius 2 is 2.10 bits per heavy atom. The number of allylic oxidation sites excluding steroid dienone is 2. The lowest BCUT2D eigenvalue weighted by Gasteiger charge is -2.39. The van der Waals surface area contributed by atoms with E-state index in [1.54, 1.807) is 0 Å². The van der Waals surface area contributed by atoms with E-state index in [1.165, 1.54) is 5.57 Å². The molecule has 0 saturated carbocycles. The number of carbonyl (C=O) groups excluding carboxylic acids is 1. The minimum absolute atomic E-state index is 0.195. The number of nitrogens with zero attached hydrogens (tertiary/aromatic N) is 2. The summed E-state index contributed by atoms with van der Waals surface area (Å²) in [5.74, 6) is 0.477. The van der Waals surface area contributed by atoms with E-state index in [4.69, 9.17) is 4.74 Å². The van der Waals surface area contributed by atoms with Crippen molar-refractivity contribution in [3.05, 3.63) is 36.1 Å². The van der Waals surface area contributed by atoms with Crippen molar-refractivity contribution in [1.29, 1.82) is 0 Å². The summed E-state index contributed by atoms with van der Waals surface area (Å²) in [5.41, 5.74) is 0.962. The summed E-state index contributed by atoms with van der Waals surface area (Å²) >= 11 is 0. The molecule has 1 aliphatic carbocycles. The van der Waals surface area contributed by atoms with E-state index >= 15 is 0 Å². The van der Waals surface area contributed by atoms with Crippen LogP contribution in [0.2, 0.25) is 0 Å². The zero-order chi connectivity index (χ0) is 15.0. The van der Waals surface area contributed by atoms with Crippen LogP contribution >= 0.6 is 0 Å². The van der Waals surface area contributed by atoms with Gasteiger partial charge in [-0.1, -0.05) is 18.2 Å².